The Hall–Kier alpha value is -1.67. The number of benzene rings is 1. The molecule has 1 aliphatic heterocycles. The summed E-state index contributed by atoms with van der Waals surface area (Å²) in [7, 11) is 1.87. The summed E-state index contributed by atoms with van der Waals surface area (Å²) in [4.78, 5) is 15.1. The van der Waals surface area contributed by atoms with E-state index in [0.29, 0.717) is 22.6 Å². The van der Waals surface area contributed by atoms with Crippen molar-refractivity contribution in [1.82, 2.24) is 24.8 Å². The SMILES string of the molecule is CN(CC(=O)O)C1CCN(Cc2cn(-c3ccc(Cl)cc3Cl)nn2)CC1. The quantitative estimate of drug-likeness (QED) is 0.806. The van der Waals surface area contributed by atoms with Gasteiger partial charge in [-0.3, -0.25) is 14.6 Å². The summed E-state index contributed by atoms with van der Waals surface area (Å²) >= 11 is 12.1. The Morgan fingerprint density at radius 3 is 2.73 bits per heavy atom. The molecule has 0 saturated carbocycles. The third-order valence-electron chi connectivity index (χ3n) is 4.65. The molecule has 9 heteroatoms. The lowest BCUT2D eigenvalue weighted by atomic mass is 10.0. The number of carboxylic acids is 1. The highest BCUT2D eigenvalue weighted by Crippen LogP contribution is 2.24. The Morgan fingerprint density at radius 1 is 1.35 bits per heavy atom. The first kappa shape index (κ1) is 19.1. The Labute approximate surface area is 162 Å². The molecule has 1 saturated heterocycles. The Morgan fingerprint density at radius 2 is 2.08 bits per heavy atom. The number of likely N-dealkylation sites (tertiary alicyclic amines) is 1. The predicted molar refractivity (Wildman–Crippen MR) is 99.9 cm³/mol. The standard InChI is InChI=1S/C17H21Cl2N5O2/c1-22(11-17(25)26)14-4-6-23(7-5-14)9-13-10-24(21-20-13)16-3-2-12(18)8-15(16)19/h2-3,8,10,14H,4-7,9,11H2,1H3,(H,25,26). The van der Waals surface area contributed by atoms with Crippen molar-refractivity contribution in [3.05, 3.63) is 40.1 Å². The first-order chi connectivity index (χ1) is 12.4. The lowest BCUT2D eigenvalue weighted by molar-refractivity contribution is -0.138. The number of hydrogen-bond acceptors (Lipinski definition) is 5. The third-order valence-corrected chi connectivity index (χ3v) is 5.19. The second kappa shape index (κ2) is 8.35. The van der Waals surface area contributed by atoms with Crippen LogP contribution in [0.15, 0.2) is 24.4 Å². The summed E-state index contributed by atoms with van der Waals surface area (Å²) in [6.07, 6.45) is 3.76. The lowest BCUT2D eigenvalue weighted by Crippen LogP contribution is -2.44. The van der Waals surface area contributed by atoms with Crippen molar-refractivity contribution >= 4 is 29.2 Å². The maximum atomic E-state index is 10.8. The predicted octanol–water partition coefficient (Wildman–Crippen LogP) is 2.55. The molecule has 1 aliphatic rings. The largest absolute Gasteiger partial charge is 0.480 e. The summed E-state index contributed by atoms with van der Waals surface area (Å²) in [5.74, 6) is -0.785. The van der Waals surface area contributed by atoms with E-state index in [1.165, 1.54) is 0 Å². The van der Waals surface area contributed by atoms with Crippen molar-refractivity contribution in [1.29, 1.82) is 0 Å². The van der Waals surface area contributed by atoms with Crippen LogP contribution in [0, 0.1) is 0 Å². The van der Waals surface area contributed by atoms with Crippen molar-refractivity contribution in [3.8, 4) is 5.69 Å². The Bertz CT molecular complexity index is 774. The highest BCUT2D eigenvalue weighted by atomic mass is 35.5. The monoisotopic (exact) mass is 397 g/mol. The highest BCUT2D eigenvalue weighted by Gasteiger charge is 2.24. The van der Waals surface area contributed by atoms with E-state index < -0.39 is 5.97 Å². The molecule has 1 aromatic heterocycles. The van der Waals surface area contributed by atoms with Crippen molar-refractivity contribution in [2.75, 3.05) is 26.7 Å². The van der Waals surface area contributed by atoms with Gasteiger partial charge in [0.15, 0.2) is 0 Å². The van der Waals surface area contributed by atoms with Crippen LogP contribution in [0.25, 0.3) is 5.69 Å². The lowest BCUT2D eigenvalue weighted by Gasteiger charge is -2.35. The number of likely N-dealkylation sites (N-methyl/N-ethyl adjacent to an activating group) is 1. The molecule has 0 aliphatic carbocycles. The van der Waals surface area contributed by atoms with E-state index >= 15 is 0 Å². The number of nitrogens with zero attached hydrogens (tertiary/aromatic N) is 5. The van der Waals surface area contributed by atoms with Crippen LogP contribution >= 0.6 is 23.2 Å². The van der Waals surface area contributed by atoms with Crippen LogP contribution in [0.5, 0.6) is 0 Å². The molecule has 1 fully saturated rings. The summed E-state index contributed by atoms with van der Waals surface area (Å²) in [5.41, 5.74) is 1.61. The molecule has 26 heavy (non-hydrogen) atoms. The molecular weight excluding hydrogens is 377 g/mol. The smallest absolute Gasteiger partial charge is 0.317 e. The highest BCUT2D eigenvalue weighted by molar-refractivity contribution is 6.35. The van der Waals surface area contributed by atoms with E-state index in [2.05, 4.69) is 15.2 Å². The van der Waals surface area contributed by atoms with Crippen LogP contribution < -0.4 is 0 Å². The van der Waals surface area contributed by atoms with Gasteiger partial charge in [-0.15, -0.1) is 5.10 Å². The number of hydrogen-bond donors (Lipinski definition) is 1. The molecule has 0 atom stereocenters. The number of halogens is 2. The zero-order valence-electron chi connectivity index (χ0n) is 14.5. The van der Waals surface area contributed by atoms with Gasteiger partial charge in [-0.25, -0.2) is 4.68 Å². The van der Waals surface area contributed by atoms with Gasteiger partial charge < -0.3 is 5.11 Å². The maximum Gasteiger partial charge on any atom is 0.317 e. The van der Waals surface area contributed by atoms with E-state index in [-0.39, 0.29) is 6.54 Å². The van der Waals surface area contributed by atoms with Crippen LogP contribution in [0.4, 0.5) is 0 Å². The van der Waals surface area contributed by atoms with Crippen LogP contribution in [-0.4, -0.2) is 68.6 Å². The fourth-order valence-electron chi connectivity index (χ4n) is 3.25. The molecule has 0 radical (unpaired) electrons. The molecule has 0 amide bonds. The number of piperidine rings is 1. The molecule has 0 unspecified atom stereocenters. The van der Waals surface area contributed by atoms with E-state index in [1.54, 1.807) is 16.8 Å². The molecule has 3 rings (SSSR count). The second-order valence-electron chi connectivity index (χ2n) is 6.57. The van der Waals surface area contributed by atoms with Crippen molar-refractivity contribution < 1.29 is 9.90 Å². The molecule has 0 spiro atoms. The molecular formula is C17H21Cl2N5O2. The van der Waals surface area contributed by atoms with Crippen molar-refractivity contribution in [2.45, 2.75) is 25.4 Å². The summed E-state index contributed by atoms with van der Waals surface area (Å²) in [6, 6.07) is 5.57. The van der Waals surface area contributed by atoms with E-state index in [4.69, 9.17) is 28.3 Å². The maximum absolute atomic E-state index is 10.8. The third kappa shape index (κ3) is 4.73. The number of aliphatic carboxylic acids is 1. The van der Waals surface area contributed by atoms with Gasteiger partial charge in [0.05, 0.1) is 29.1 Å². The minimum absolute atomic E-state index is 0.0842. The zero-order valence-corrected chi connectivity index (χ0v) is 16.0. The summed E-state index contributed by atoms with van der Waals surface area (Å²) in [5, 5.41) is 18.4. The minimum Gasteiger partial charge on any atom is -0.480 e. The van der Waals surface area contributed by atoms with Gasteiger partial charge in [0.1, 0.15) is 0 Å². The van der Waals surface area contributed by atoms with E-state index in [0.717, 1.165) is 37.3 Å². The summed E-state index contributed by atoms with van der Waals surface area (Å²) < 4.78 is 1.65. The fraction of sp³-hybridized carbons (Fsp3) is 0.471. The minimum atomic E-state index is -0.785. The molecule has 2 aromatic rings. The number of carboxylic acid groups (broad SMARTS) is 1. The Kier molecular flexibility index (Phi) is 6.13. The van der Waals surface area contributed by atoms with Crippen molar-refractivity contribution in [2.24, 2.45) is 0 Å². The van der Waals surface area contributed by atoms with Gasteiger partial charge in [0.25, 0.3) is 0 Å². The molecule has 1 aromatic carbocycles. The van der Waals surface area contributed by atoms with Gasteiger partial charge in [-0.2, -0.15) is 0 Å². The number of aromatic nitrogens is 3. The molecule has 7 nitrogen and oxygen atoms in total. The Balaban J connectivity index is 1.56. The van der Waals surface area contributed by atoms with Gasteiger partial charge in [0.2, 0.25) is 0 Å². The van der Waals surface area contributed by atoms with E-state index in [9.17, 15) is 4.79 Å². The van der Waals surface area contributed by atoms with Crippen LogP contribution in [0.1, 0.15) is 18.5 Å². The van der Waals surface area contributed by atoms with Gasteiger partial charge in [-0.1, -0.05) is 28.4 Å². The van der Waals surface area contributed by atoms with Crippen molar-refractivity contribution in [3.63, 3.8) is 0 Å². The first-order valence-electron chi connectivity index (χ1n) is 8.43. The topological polar surface area (TPSA) is 74.5 Å². The molecule has 140 valence electrons. The van der Waals surface area contributed by atoms with E-state index in [1.807, 2.05) is 24.2 Å². The first-order valence-corrected chi connectivity index (χ1v) is 9.19. The van der Waals surface area contributed by atoms with Crippen LogP contribution in [-0.2, 0) is 11.3 Å². The number of carbonyl (C=O) groups is 1. The number of rotatable bonds is 6. The molecule has 0 bridgehead atoms. The van der Waals surface area contributed by atoms with Gasteiger partial charge in [0, 0.05) is 30.7 Å². The molecule has 1 N–H and O–H groups in total. The fourth-order valence-corrected chi connectivity index (χ4v) is 3.74. The van der Waals surface area contributed by atoms with Gasteiger partial charge in [-0.05, 0) is 38.1 Å². The average molecular weight is 398 g/mol. The van der Waals surface area contributed by atoms with Crippen LogP contribution in [0.3, 0.4) is 0 Å². The summed E-state index contributed by atoms with van der Waals surface area (Å²) in [6.45, 7) is 2.60. The van der Waals surface area contributed by atoms with Gasteiger partial charge >= 0.3 is 5.97 Å². The normalized spacial score (nSPS) is 16.3. The second-order valence-corrected chi connectivity index (χ2v) is 7.41. The van der Waals surface area contributed by atoms with Crippen LogP contribution in [0.2, 0.25) is 10.0 Å². The zero-order chi connectivity index (χ0) is 18.7. The molecule has 2 heterocycles. The average Bonchev–Trinajstić information content (AvgIpc) is 3.03.